The van der Waals surface area contributed by atoms with Gasteiger partial charge in [0.05, 0.1) is 18.7 Å². The summed E-state index contributed by atoms with van der Waals surface area (Å²) in [6.07, 6.45) is 0.950. The van der Waals surface area contributed by atoms with E-state index in [1.165, 1.54) is 10.9 Å². The van der Waals surface area contributed by atoms with Gasteiger partial charge in [-0.1, -0.05) is 5.21 Å². The first kappa shape index (κ1) is 13.9. The second-order valence-corrected chi connectivity index (χ2v) is 4.43. The Kier molecular flexibility index (Phi) is 3.94. The Morgan fingerprint density at radius 1 is 1.55 bits per heavy atom. The van der Waals surface area contributed by atoms with E-state index in [1.54, 1.807) is 0 Å². The van der Waals surface area contributed by atoms with E-state index in [2.05, 4.69) is 20.9 Å². The van der Waals surface area contributed by atoms with Crippen LogP contribution in [0.3, 0.4) is 0 Å². The zero-order valence-electron chi connectivity index (χ0n) is 10.4. The molecule has 2 rings (SSSR count). The first-order chi connectivity index (χ1) is 9.47. The highest BCUT2D eigenvalue weighted by atomic mass is 16.4. The topological polar surface area (TPSA) is 152 Å². The van der Waals surface area contributed by atoms with E-state index in [1.807, 2.05) is 0 Å². The Hall–Kier alpha value is -2.49. The van der Waals surface area contributed by atoms with Crippen molar-refractivity contribution in [3.63, 3.8) is 0 Å². The Balaban J connectivity index is 2.00. The first-order valence-corrected chi connectivity index (χ1v) is 5.92. The number of hydrogen-bond acceptors (Lipinski definition) is 6. The highest BCUT2D eigenvalue weighted by Crippen LogP contribution is 2.09. The molecule has 1 aromatic rings. The summed E-state index contributed by atoms with van der Waals surface area (Å²) in [4.78, 5) is 33.5. The average Bonchev–Trinajstić information content (AvgIpc) is 2.74. The second kappa shape index (κ2) is 5.65. The monoisotopic (exact) mass is 282 g/mol. The van der Waals surface area contributed by atoms with E-state index in [4.69, 9.17) is 10.8 Å². The van der Waals surface area contributed by atoms with E-state index in [9.17, 15) is 14.4 Å². The molecule has 0 spiro atoms. The molecule has 10 nitrogen and oxygen atoms in total. The molecular weight excluding hydrogens is 268 g/mol. The van der Waals surface area contributed by atoms with Crippen molar-refractivity contribution in [1.82, 2.24) is 25.6 Å². The molecule has 0 unspecified atom stereocenters. The zero-order valence-corrected chi connectivity index (χ0v) is 10.4. The zero-order chi connectivity index (χ0) is 14.7. The number of carbonyl (C=O) groups excluding carboxylic acids is 2. The van der Waals surface area contributed by atoms with Crippen LogP contribution in [0.1, 0.15) is 23.0 Å². The lowest BCUT2D eigenvalue weighted by Gasteiger charge is -2.26. The normalized spacial score (nSPS) is 16.2. The predicted molar refractivity (Wildman–Crippen MR) is 64.6 cm³/mol. The van der Waals surface area contributed by atoms with E-state index in [-0.39, 0.29) is 11.7 Å². The fraction of sp³-hybridized carbons (Fsp3) is 0.500. The number of amides is 2. The summed E-state index contributed by atoms with van der Waals surface area (Å²) in [5.41, 5.74) is 4.92. The van der Waals surface area contributed by atoms with E-state index in [0.717, 1.165) is 13.1 Å². The Labute approximate surface area is 113 Å². The standard InChI is InChI=1S/C10H14N6O4/c11-8(17)1-6(10(19)20)13-9(18)7-4-16(15-14-7)5-2-12-3-5/h4-6,12H,1-3H2,(H2,11,17)(H,13,18)(H,19,20)/t6-/m0/s1. The van der Waals surface area contributed by atoms with Gasteiger partial charge in [0.2, 0.25) is 5.91 Å². The third kappa shape index (κ3) is 3.09. The molecule has 1 saturated heterocycles. The van der Waals surface area contributed by atoms with Crippen LogP contribution in [0.25, 0.3) is 0 Å². The lowest BCUT2D eigenvalue weighted by Crippen LogP contribution is -2.44. The van der Waals surface area contributed by atoms with Gasteiger partial charge in [-0.3, -0.25) is 9.59 Å². The summed E-state index contributed by atoms with van der Waals surface area (Å²) in [6, 6.07) is -1.24. The maximum absolute atomic E-state index is 11.8. The van der Waals surface area contributed by atoms with Gasteiger partial charge in [-0.05, 0) is 0 Å². The molecular formula is C10H14N6O4. The lowest BCUT2D eigenvalue weighted by molar-refractivity contribution is -0.140. The number of primary amides is 1. The minimum absolute atomic E-state index is 0.00683. The molecule has 0 saturated carbocycles. The molecule has 0 aliphatic carbocycles. The van der Waals surface area contributed by atoms with Crippen molar-refractivity contribution in [2.75, 3.05) is 13.1 Å². The van der Waals surface area contributed by atoms with E-state index >= 15 is 0 Å². The number of nitrogens with zero attached hydrogens (tertiary/aromatic N) is 3. The van der Waals surface area contributed by atoms with Crippen molar-refractivity contribution in [3.05, 3.63) is 11.9 Å². The van der Waals surface area contributed by atoms with Gasteiger partial charge in [0, 0.05) is 13.1 Å². The number of carbonyl (C=O) groups is 3. The second-order valence-electron chi connectivity index (χ2n) is 4.43. The van der Waals surface area contributed by atoms with Crippen LogP contribution in [0.5, 0.6) is 0 Å². The maximum atomic E-state index is 11.8. The number of rotatable bonds is 6. The molecule has 1 fully saturated rings. The van der Waals surface area contributed by atoms with Gasteiger partial charge in [-0.15, -0.1) is 5.10 Å². The van der Waals surface area contributed by atoms with Gasteiger partial charge in [-0.25, -0.2) is 9.48 Å². The molecule has 0 bridgehead atoms. The fourth-order valence-electron chi connectivity index (χ4n) is 1.65. The predicted octanol–water partition coefficient (Wildman–Crippen LogP) is -2.52. The van der Waals surface area contributed by atoms with Crippen molar-refractivity contribution < 1.29 is 19.5 Å². The van der Waals surface area contributed by atoms with Crippen LogP contribution in [0.15, 0.2) is 6.20 Å². The first-order valence-electron chi connectivity index (χ1n) is 5.92. The Bertz CT molecular complexity index is 538. The fourth-order valence-corrected chi connectivity index (χ4v) is 1.65. The van der Waals surface area contributed by atoms with Crippen LogP contribution in [0.2, 0.25) is 0 Å². The molecule has 2 heterocycles. The minimum Gasteiger partial charge on any atom is -0.480 e. The number of carboxylic acids is 1. The van der Waals surface area contributed by atoms with Crippen molar-refractivity contribution in [2.24, 2.45) is 5.73 Å². The Morgan fingerprint density at radius 3 is 2.75 bits per heavy atom. The number of hydrogen-bond donors (Lipinski definition) is 4. The van der Waals surface area contributed by atoms with Gasteiger partial charge in [0.15, 0.2) is 5.69 Å². The van der Waals surface area contributed by atoms with Gasteiger partial charge in [0.1, 0.15) is 6.04 Å². The third-order valence-electron chi connectivity index (χ3n) is 2.89. The van der Waals surface area contributed by atoms with Crippen LogP contribution in [-0.4, -0.2) is 57.0 Å². The van der Waals surface area contributed by atoms with Crippen LogP contribution in [-0.2, 0) is 9.59 Å². The smallest absolute Gasteiger partial charge is 0.326 e. The van der Waals surface area contributed by atoms with Crippen LogP contribution >= 0.6 is 0 Å². The molecule has 2 amide bonds. The maximum Gasteiger partial charge on any atom is 0.326 e. The van der Waals surface area contributed by atoms with Gasteiger partial charge >= 0.3 is 5.97 Å². The summed E-state index contributed by atoms with van der Waals surface area (Å²) in [5, 5.41) is 21.6. The largest absolute Gasteiger partial charge is 0.480 e. The SMILES string of the molecule is NC(=O)C[C@H](NC(=O)c1cn(C2CNC2)nn1)C(=O)O. The summed E-state index contributed by atoms with van der Waals surface area (Å²) in [6.45, 7) is 1.48. The van der Waals surface area contributed by atoms with E-state index < -0.39 is 30.2 Å². The van der Waals surface area contributed by atoms with Crippen molar-refractivity contribution in [3.8, 4) is 0 Å². The molecule has 1 atom stereocenters. The third-order valence-corrected chi connectivity index (χ3v) is 2.89. The van der Waals surface area contributed by atoms with Crippen LogP contribution < -0.4 is 16.4 Å². The molecule has 10 heteroatoms. The van der Waals surface area contributed by atoms with Crippen LogP contribution in [0, 0.1) is 0 Å². The van der Waals surface area contributed by atoms with Crippen molar-refractivity contribution >= 4 is 17.8 Å². The number of aliphatic carboxylic acids is 1. The summed E-state index contributed by atoms with van der Waals surface area (Å²) in [5.74, 6) is -2.87. The molecule has 5 N–H and O–H groups in total. The number of carboxylic acid groups (broad SMARTS) is 1. The molecule has 0 aromatic carbocycles. The molecule has 1 aliphatic rings. The highest BCUT2D eigenvalue weighted by molar-refractivity contribution is 5.95. The molecule has 20 heavy (non-hydrogen) atoms. The minimum atomic E-state index is -1.38. The lowest BCUT2D eigenvalue weighted by atomic mass is 10.2. The van der Waals surface area contributed by atoms with E-state index in [0.29, 0.717) is 0 Å². The molecule has 108 valence electrons. The summed E-state index contributed by atoms with van der Waals surface area (Å²) in [7, 11) is 0. The van der Waals surface area contributed by atoms with Gasteiger partial charge < -0.3 is 21.5 Å². The number of nitrogens with two attached hydrogens (primary N) is 1. The molecule has 1 aromatic heterocycles. The Morgan fingerprint density at radius 2 is 2.25 bits per heavy atom. The van der Waals surface area contributed by atoms with Crippen molar-refractivity contribution in [2.45, 2.75) is 18.5 Å². The molecule has 1 aliphatic heterocycles. The highest BCUT2D eigenvalue weighted by Gasteiger charge is 2.25. The molecule has 0 radical (unpaired) electrons. The number of aromatic nitrogens is 3. The summed E-state index contributed by atoms with van der Waals surface area (Å²) >= 11 is 0. The van der Waals surface area contributed by atoms with Gasteiger partial charge in [0.25, 0.3) is 5.91 Å². The summed E-state index contributed by atoms with van der Waals surface area (Å²) < 4.78 is 1.54. The quantitative estimate of drug-likeness (QED) is 0.449. The van der Waals surface area contributed by atoms with Crippen molar-refractivity contribution in [1.29, 1.82) is 0 Å². The number of nitrogens with one attached hydrogen (secondary N) is 2. The average molecular weight is 282 g/mol. The van der Waals surface area contributed by atoms with Gasteiger partial charge in [-0.2, -0.15) is 0 Å². The van der Waals surface area contributed by atoms with Crippen LogP contribution in [0.4, 0.5) is 0 Å².